The minimum absolute atomic E-state index is 0.0641. The van der Waals surface area contributed by atoms with Gasteiger partial charge in [-0.15, -0.1) is 10.2 Å². The Hall–Kier alpha value is -2.67. The third-order valence-electron chi connectivity index (χ3n) is 3.59. The largest absolute Gasteiger partial charge is 0.325 e. The Bertz CT molecular complexity index is 849. The summed E-state index contributed by atoms with van der Waals surface area (Å²) < 4.78 is 2.07. The summed E-state index contributed by atoms with van der Waals surface area (Å²) in [7, 11) is 0. The van der Waals surface area contributed by atoms with Crippen molar-refractivity contribution < 1.29 is 4.79 Å². The lowest BCUT2D eigenvalue weighted by atomic mass is 10.2. The van der Waals surface area contributed by atoms with Crippen LogP contribution in [0.1, 0.15) is 13.8 Å². The van der Waals surface area contributed by atoms with Crippen LogP contribution in [0.2, 0.25) is 0 Å². The van der Waals surface area contributed by atoms with Gasteiger partial charge in [-0.1, -0.05) is 43.8 Å². The molecule has 2 aromatic heterocycles. The smallest absolute Gasteiger partial charge is 0.234 e. The highest BCUT2D eigenvalue weighted by molar-refractivity contribution is 7.99. The Morgan fingerprint density at radius 1 is 1.12 bits per heavy atom. The number of carbonyl (C=O) groups is 1. The Labute approximate surface area is 157 Å². The van der Waals surface area contributed by atoms with E-state index in [2.05, 4.69) is 38.9 Å². The topological polar surface area (TPSA) is 72.7 Å². The summed E-state index contributed by atoms with van der Waals surface area (Å²) in [6, 6.07) is 13.3. The van der Waals surface area contributed by atoms with E-state index < -0.39 is 0 Å². The molecule has 0 aliphatic heterocycles. The zero-order valence-electron chi connectivity index (χ0n) is 14.8. The molecule has 0 bridgehead atoms. The van der Waals surface area contributed by atoms with E-state index in [4.69, 9.17) is 0 Å². The molecule has 0 spiro atoms. The van der Waals surface area contributed by atoms with Crippen molar-refractivity contribution in [2.75, 3.05) is 11.1 Å². The molecule has 0 saturated heterocycles. The van der Waals surface area contributed by atoms with Crippen molar-refractivity contribution >= 4 is 23.4 Å². The van der Waals surface area contributed by atoms with Gasteiger partial charge in [-0.2, -0.15) is 0 Å². The van der Waals surface area contributed by atoms with Crippen molar-refractivity contribution in [1.82, 2.24) is 19.7 Å². The van der Waals surface area contributed by atoms with Crippen LogP contribution in [0.5, 0.6) is 0 Å². The molecule has 0 radical (unpaired) electrons. The van der Waals surface area contributed by atoms with Gasteiger partial charge in [0, 0.05) is 30.2 Å². The average Bonchev–Trinajstić information content (AvgIpc) is 3.03. The predicted octanol–water partition coefficient (Wildman–Crippen LogP) is 3.73. The Morgan fingerprint density at radius 3 is 2.54 bits per heavy atom. The second-order valence-electron chi connectivity index (χ2n) is 6.25. The van der Waals surface area contributed by atoms with Crippen LogP contribution in [0.25, 0.3) is 11.4 Å². The zero-order chi connectivity index (χ0) is 18.4. The minimum Gasteiger partial charge on any atom is -0.325 e. The maximum absolute atomic E-state index is 12.2. The first kappa shape index (κ1) is 18.1. The molecule has 3 rings (SSSR count). The highest BCUT2D eigenvalue weighted by Gasteiger charge is 2.16. The van der Waals surface area contributed by atoms with E-state index >= 15 is 0 Å². The number of para-hydroxylation sites is 1. The number of nitrogens with zero attached hydrogens (tertiary/aromatic N) is 4. The Morgan fingerprint density at radius 2 is 1.85 bits per heavy atom. The van der Waals surface area contributed by atoms with E-state index in [1.165, 1.54) is 11.8 Å². The third-order valence-corrected chi connectivity index (χ3v) is 4.56. The Balaban J connectivity index is 1.73. The molecule has 1 N–H and O–H groups in total. The third kappa shape index (κ3) is 4.70. The molecule has 0 fully saturated rings. The Kier molecular flexibility index (Phi) is 6.01. The van der Waals surface area contributed by atoms with Gasteiger partial charge in [0.25, 0.3) is 0 Å². The van der Waals surface area contributed by atoms with Gasteiger partial charge in [0.05, 0.1) is 5.75 Å². The van der Waals surface area contributed by atoms with E-state index in [0.29, 0.717) is 5.92 Å². The number of aromatic nitrogens is 4. The molecule has 2 heterocycles. The summed E-state index contributed by atoms with van der Waals surface area (Å²) in [6.07, 6.45) is 3.48. The highest BCUT2D eigenvalue weighted by atomic mass is 32.2. The van der Waals surface area contributed by atoms with Crippen molar-refractivity contribution in [3.63, 3.8) is 0 Å². The van der Waals surface area contributed by atoms with Crippen molar-refractivity contribution in [3.8, 4) is 11.4 Å². The molecule has 26 heavy (non-hydrogen) atoms. The van der Waals surface area contributed by atoms with Crippen LogP contribution in [0, 0.1) is 5.92 Å². The van der Waals surface area contributed by atoms with E-state index in [1.807, 2.05) is 42.5 Å². The molecular formula is C19H21N5OS. The van der Waals surface area contributed by atoms with Gasteiger partial charge in [0.15, 0.2) is 11.0 Å². The molecule has 0 unspecified atom stereocenters. The van der Waals surface area contributed by atoms with Crippen molar-refractivity contribution in [1.29, 1.82) is 0 Å². The second kappa shape index (κ2) is 8.62. The van der Waals surface area contributed by atoms with Crippen LogP contribution < -0.4 is 5.32 Å². The fraction of sp³-hybridized carbons (Fsp3) is 0.263. The molecule has 0 aliphatic carbocycles. The maximum atomic E-state index is 12.2. The van der Waals surface area contributed by atoms with E-state index in [0.717, 1.165) is 28.8 Å². The van der Waals surface area contributed by atoms with Crippen LogP contribution in [-0.2, 0) is 11.3 Å². The number of thioether (sulfide) groups is 1. The summed E-state index contributed by atoms with van der Waals surface area (Å²) in [6.45, 7) is 5.08. The highest BCUT2D eigenvalue weighted by Crippen LogP contribution is 2.25. The first-order valence-corrected chi connectivity index (χ1v) is 9.43. The minimum atomic E-state index is -0.0641. The van der Waals surface area contributed by atoms with Gasteiger partial charge in [-0.25, -0.2) is 0 Å². The molecule has 0 saturated carbocycles. The summed E-state index contributed by atoms with van der Waals surface area (Å²) in [5.74, 6) is 1.45. The quantitative estimate of drug-likeness (QED) is 0.644. The van der Waals surface area contributed by atoms with Gasteiger partial charge in [-0.3, -0.25) is 9.78 Å². The SMILES string of the molecule is CC(C)Cn1c(SCC(=O)Nc2ccccc2)nnc1-c1ccncc1. The van der Waals surface area contributed by atoms with E-state index in [9.17, 15) is 4.79 Å². The number of pyridine rings is 1. The number of amides is 1. The van der Waals surface area contributed by atoms with Crippen LogP contribution in [0.15, 0.2) is 60.0 Å². The van der Waals surface area contributed by atoms with Gasteiger partial charge < -0.3 is 9.88 Å². The average molecular weight is 367 g/mol. The first-order chi connectivity index (χ1) is 12.6. The van der Waals surface area contributed by atoms with E-state index in [1.54, 1.807) is 12.4 Å². The molecule has 7 heteroatoms. The summed E-state index contributed by atoms with van der Waals surface area (Å²) >= 11 is 1.39. The lowest BCUT2D eigenvalue weighted by molar-refractivity contribution is -0.113. The molecule has 0 aliphatic rings. The number of hydrogen-bond donors (Lipinski definition) is 1. The molecular weight excluding hydrogens is 346 g/mol. The molecule has 1 aromatic carbocycles. The number of benzene rings is 1. The number of anilines is 1. The second-order valence-corrected chi connectivity index (χ2v) is 7.19. The molecule has 0 atom stereocenters. The van der Waals surface area contributed by atoms with Crippen molar-refractivity contribution in [2.24, 2.45) is 5.92 Å². The lowest BCUT2D eigenvalue weighted by Gasteiger charge is -2.12. The van der Waals surface area contributed by atoms with Gasteiger partial charge >= 0.3 is 0 Å². The molecule has 134 valence electrons. The fourth-order valence-electron chi connectivity index (χ4n) is 2.49. The number of hydrogen-bond acceptors (Lipinski definition) is 5. The molecule has 3 aromatic rings. The van der Waals surface area contributed by atoms with Crippen molar-refractivity contribution in [2.45, 2.75) is 25.5 Å². The normalized spacial score (nSPS) is 10.9. The monoisotopic (exact) mass is 367 g/mol. The summed E-state index contributed by atoms with van der Waals surface area (Å²) in [4.78, 5) is 16.3. The predicted molar refractivity (Wildman–Crippen MR) is 104 cm³/mol. The standard InChI is InChI=1S/C19H21N5OS/c1-14(2)12-24-18(15-8-10-20-11-9-15)22-23-19(24)26-13-17(25)21-16-6-4-3-5-7-16/h3-11,14H,12-13H2,1-2H3,(H,21,25). The number of rotatable bonds is 7. The summed E-state index contributed by atoms with van der Waals surface area (Å²) in [5, 5.41) is 12.3. The molecule has 1 amide bonds. The summed E-state index contributed by atoms with van der Waals surface area (Å²) in [5.41, 5.74) is 1.76. The van der Waals surface area contributed by atoms with Crippen LogP contribution in [0.4, 0.5) is 5.69 Å². The fourth-order valence-corrected chi connectivity index (χ4v) is 3.24. The van der Waals surface area contributed by atoms with Gasteiger partial charge in [0.1, 0.15) is 0 Å². The van der Waals surface area contributed by atoms with Crippen LogP contribution in [-0.4, -0.2) is 31.4 Å². The first-order valence-electron chi connectivity index (χ1n) is 8.45. The van der Waals surface area contributed by atoms with Gasteiger partial charge in [0.2, 0.25) is 5.91 Å². The number of carbonyl (C=O) groups excluding carboxylic acids is 1. The molecule has 6 nitrogen and oxygen atoms in total. The van der Waals surface area contributed by atoms with Crippen molar-refractivity contribution in [3.05, 3.63) is 54.9 Å². The van der Waals surface area contributed by atoms with Crippen LogP contribution >= 0.6 is 11.8 Å². The van der Waals surface area contributed by atoms with E-state index in [-0.39, 0.29) is 11.7 Å². The number of nitrogens with one attached hydrogen (secondary N) is 1. The van der Waals surface area contributed by atoms with Gasteiger partial charge in [-0.05, 0) is 30.2 Å². The van der Waals surface area contributed by atoms with Crippen LogP contribution in [0.3, 0.4) is 0 Å². The maximum Gasteiger partial charge on any atom is 0.234 e. The lowest BCUT2D eigenvalue weighted by Crippen LogP contribution is -2.15. The zero-order valence-corrected chi connectivity index (χ0v) is 15.6.